The number of halogens is 3. The molecule has 0 aliphatic rings. The summed E-state index contributed by atoms with van der Waals surface area (Å²) in [5, 5.41) is 14.5. The van der Waals surface area contributed by atoms with Gasteiger partial charge in [-0.1, -0.05) is 17.7 Å². The van der Waals surface area contributed by atoms with Gasteiger partial charge in [-0.3, -0.25) is 4.98 Å². The Bertz CT molecular complexity index is 1270. The van der Waals surface area contributed by atoms with Crippen LogP contribution in [0.4, 0.5) is 20.3 Å². The molecule has 0 aliphatic heterocycles. The Balaban J connectivity index is 1.90. The summed E-state index contributed by atoms with van der Waals surface area (Å²) in [5.74, 6) is -3.78. The van der Waals surface area contributed by atoms with E-state index in [-0.39, 0.29) is 16.1 Å². The van der Waals surface area contributed by atoms with Crippen LogP contribution in [0.25, 0.3) is 21.7 Å². The second-order valence-corrected chi connectivity index (χ2v) is 7.03. The molecule has 0 bridgehead atoms. The predicted octanol–water partition coefficient (Wildman–Crippen LogP) is 5.99. The lowest BCUT2D eigenvalue weighted by atomic mass is 10.1. The van der Waals surface area contributed by atoms with E-state index < -0.39 is 11.9 Å². The minimum atomic E-state index is -3.10. The summed E-state index contributed by atoms with van der Waals surface area (Å²) in [6, 6.07) is 10.6. The normalized spacial score (nSPS) is 11.7. The van der Waals surface area contributed by atoms with Crippen molar-refractivity contribution in [2.75, 3.05) is 5.32 Å². The fraction of sp³-hybridized carbons (Fsp3) is 0.0952. The minimum absolute atomic E-state index is 0.0327. The van der Waals surface area contributed by atoms with Crippen molar-refractivity contribution in [1.29, 1.82) is 0 Å². The first-order valence-electron chi connectivity index (χ1n) is 8.60. The van der Waals surface area contributed by atoms with Gasteiger partial charge >= 0.3 is 5.97 Å². The molecule has 2 aromatic carbocycles. The molecular formula is C21H14ClF2N3O2. The van der Waals surface area contributed by atoms with Gasteiger partial charge in [0.25, 0.3) is 5.92 Å². The molecule has 146 valence electrons. The van der Waals surface area contributed by atoms with Gasteiger partial charge in [0.1, 0.15) is 5.82 Å². The Labute approximate surface area is 169 Å². The van der Waals surface area contributed by atoms with Crippen LogP contribution in [-0.4, -0.2) is 21.0 Å². The monoisotopic (exact) mass is 413 g/mol. The number of carboxylic acid groups (broad SMARTS) is 1. The molecule has 4 aromatic rings. The largest absolute Gasteiger partial charge is 0.478 e. The quantitative estimate of drug-likeness (QED) is 0.402. The maximum Gasteiger partial charge on any atom is 0.335 e. The Morgan fingerprint density at radius 1 is 1.10 bits per heavy atom. The number of nitrogens with one attached hydrogen (secondary N) is 1. The van der Waals surface area contributed by atoms with E-state index in [2.05, 4.69) is 15.3 Å². The van der Waals surface area contributed by atoms with Crippen molar-refractivity contribution < 1.29 is 18.7 Å². The van der Waals surface area contributed by atoms with Crippen LogP contribution in [0.3, 0.4) is 0 Å². The highest BCUT2D eigenvalue weighted by atomic mass is 35.5. The van der Waals surface area contributed by atoms with Gasteiger partial charge in [-0.05, 0) is 36.4 Å². The number of aromatic nitrogens is 2. The second kappa shape index (κ2) is 6.93. The van der Waals surface area contributed by atoms with Crippen LogP contribution in [0.1, 0.15) is 22.8 Å². The third-order valence-electron chi connectivity index (χ3n) is 4.55. The average Bonchev–Trinajstić information content (AvgIpc) is 2.68. The molecule has 0 spiro atoms. The second-order valence-electron chi connectivity index (χ2n) is 6.63. The zero-order valence-corrected chi connectivity index (χ0v) is 15.8. The average molecular weight is 414 g/mol. The minimum Gasteiger partial charge on any atom is -0.478 e. The maximum absolute atomic E-state index is 13.8. The Kier molecular flexibility index (Phi) is 4.55. The maximum atomic E-state index is 13.8. The van der Waals surface area contributed by atoms with E-state index in [1.165, 1.54) is 24.3 Å². The molecule has 0 amide bonds. The molecule has 0 fully saturated rings. The summed E-state index contributed by atoms with van der Waals surface area (Å²) >= 11 is 5.92. The van der Waals surface area contributed by atoms with E-state index in [9.17, 15) is 18.7 Å². The van der Waals surface area contributed by atoms with Gasteiger partial charge in [0.2, 0.25) is 0 Å². The van der Waals surface area contributed by atoms with E-state index in [1.807, 2.05) is 0 Å². The molecule has 0 saturated heterocycles. The van der Waals surface area contributed by atoms with Crippen molar-refractivity contribution in [2.45, 2.75) is 12.8 Å². The molecule has 0 saturated carbocycles. The number of benzene rings is 2. The Morgan fingerprint density at radius 2 is 1.90 bits per heavy atom. The van der Waals surface area contributed by atoms with Crippen molar-refractivity contribution in [3.63, 3.8) is 0 Å². The van der Waals surface area contributed by atoms with E-state index in [4.69, 9.17) is 11.6 Å². The van der Waals surface area contributed by atoms with Gasteiger partial charge in [-0.25, -0.2) is 18.6 Å². The van der Waals surface area contributed by atoms with Crippen LogP contribution in [0, 0.1) is 0 Å². The number of pyridine rings is 2. The molecule has 0 unspecified atom stereocenters. The molecule has 2 aromatic heterocycles. The third-order valence-corrected chi connectivity index (χ3v) is 4.87. The highest BCUT2D eigenvalue weighted by Gasteiger charge is 2.27. The summed E-state index contributed by atoms with van der Waals surface area (Å²) in [6.45, 7) is 0.779. The van der Waals surface area contributed by atoms with Crippen LogP contribution < -0.4 is 5.32 Å². The number of alkyl halides is 2. The topological polar surface area (TPSA) is 75.1 Å². The summed E-state index contributed by atoms with van der Waals surface area (Å²) in [6.07, 6.45) is 3.25. The highest BCUT2D eigenvalue weighted by molar-refractivity contribution is 6.31. The molecule has 29 heavy (non-hydrogen) atoms. The summed E-state index contributed by atoms with van der Waals surface area (Å²) in [4.78, 5) is 20.0. The van der Waals surface area contributed by atoms with E-state index >= 15 is 0 Å². The van der Waals surface area contributed by atoms with Crippen LogP contribution >= 0.6 is 11.6 Å². The van der Waals surface area contributed by atoms with Gasteiger partial charge in [-0.15, -0.1) is 0 Å². The van der Waals surface area contributed by atoms with Crippen LogP contribution in [0.15, 0.2) is 54.9 Å². The number of carboxylic acids is 1. The molecule has 0 atom stereocenters. The van der Waals surface area contributed by atoms with Crippen molar-refractivity contribution >= 4 is 50.8 Å². The Morgan fingerprint density at radius 3 is 2.62 bits per heavy atom. The standard InChI is InChI=1S/C21H14ClF2N3O2/c1-21(23,24)16-9-12(3-5-17(16)22)26-19-14-6-7-25-10-15(14)13-4-2-11(20(28)29)8-18(13)27-19/h2-10H,1H3,(H,26,27)(H,28,29). The first-order valence-corrected chi connectivity index (χ1v) is 8.97. The van der Waals surface area contributed by atoms with Crippen molar-refractivity contribution in [3.8, 4) is 0 Å². The molecule has 8 heteroatoms. The van der Waals surface area contributed by atoms with Crippen LogP contribution in [-0.2, 0) is 5.92 Å². The number of anilines is 2. The molecule has 2 heterocycles. The number of aromatic carboxylic acids is 1. The number of hydrogen-bond donors (Lipinski definition) is 2. The fourth-order valence-corrected chi connectivity index (χ4v) is 3.44. The van der Waals surface area contributed by atoms with Gasteiger partial charge in [0.15, 0.2) is 0 Å². The molecule has 4 rings (SSSR count). The lowest BCUT2D eigenvalue weighted by molar-refractivity contribution is 0.0176. The van der Waals surface area contributed by atoms with Crippen molar-refractivity contribution in [3.05, 3.63) is 71.0 Å². The summed E-state index contributed by atoms with van der Waals surface area (Å²) in [5.41, 5.74) is 0.621. The van der Waals surface area contributed by atoms with E-state index in [1.54, 1.807) is 30.6 Å². The zero-order valence-electron chi connectivity index (χ0n) is 15.1. The SMILES string of the molecule is CC(F)(F)c1cc(Nc2nc3cc(C(=O)O)ccc3c3cnccc23)ccc1Cl. The number of carbonyl (C=O) groups is 1. The van der Waals surface area contributed by atoms with E-state index in [0.29, 0.717) is 17.0 Å². The number of nitrogens with zero attached hydrogens (tertiary/aromatic N) is 2. The lowest BCUT2D eigenvalue weighted by Crippen LogP contribution is -2.08. The van der Waals surface area contributed by atoms with Crippen molar-refractivity contribution in [1.82, 2.24) is 9.97 Å². The van der Waals surface area contributed by atoms with Crippen molar-refractivity contribution in [2.24, 2.45) is 0 Å². The van der Waals surface area contributed by atoms with Gasteiger partial charge < -0.3 is 10.4 Å². The molecular weight excluding hydrogens is 400 g/mol. The first-order chi connectivity index (χ1) is 13.7. The Hall–Kier alpha value is -3.32. The van der Waals surface area contributed by atoms with Gasteiger partial charge in [0.05, 0.1) is 11.1 Å². The van der Waals surface area contributed by atoms with E-state index in [0.717, 1.165) is 23.1 Å². The first kappa shape index (κ1) is 19.0. The molecule has 0 aliphatic carbocycles. The highest BCUT2D eigenvalue weighted by Crippen LogP contribution is 2.36. The fourth-order valence-electron chi connectivity index (χ4n) is 3.15. The number of fused-ring (bicyclic) bond motifs is 3. The molecule has 2 N–H and O–H groups in total. The van der Waals surface area contributed by atoms with Gasteiger partial charge in [-0.2, -0.15) is 0 Å². The summed E-state index contributed by atoms with van der Waals surface area (Å²) in [7, 11) is 0. The smallest absolute Gasteiger partial charge is 0.335 e. The number of rotatable bonds is 4. The van der Waals surface area contributed by atoms with Crippen LogP contribution in [0.2, 0.25) is 5.02 Å². The van der Waals surface area contributed by atoms with Gasteiger partial charge in [0, 0.05) is 51.7 Å². The molecule has 5 nitrogen and oxygen atoms in total. The van der Waals surface area contributed by atoms with Crippen LogP contribution in [0.5, 0.6) is 0 Å². The zero-order chi connectivity index (χ0) is 20.8. The molecule has 0 radical (unpaired) electrons. The number of hydrogen-bond acceptors (Lipinski definition) is 4. The lowest BCUT2D eigenvalue weighted by Gasteiger charge is -2.16. The summed E-state index contributed by atoms with van der Waals surface area (Å²) < 4.78 is 27.6. The third kappa shape index (κ3) is 3.56. The predicted molar refractivity (Wildman–Crippen MR) is 108 cm³/mol.